The van der Waals surface area contributed by atoms with Gasteiger partial charge in [0.15, 0.2) is 0 Å². The van der Waals surface area contributed by atoms with Crippen molar-refractivity contribution in [2.45, 2.75) is 38.8 Å². The van der Waals surface area contributed by atoms with Crippen LogP contribution in [0.1, 0.15) is 27.2 Å². The number of carbonyl (C=O) groups excluding carboxylic acids is 2. The number of carbonyl (C=O) groups is 2. The van der Waals surface area contributed by atoms with E-state index in [1.54, 1.807) is 20.8 Å². The summed E-state index contributed by atoms with van der Waals surface area (Å²) >= 11 is 0. The first kappa shape index (κ1) is 15.1. The minimum atomic E-state index is -2.02. The number of hydrogen-bond donors (Lipinski definition) is 1. The van der Waals surface area contributed by atoms with Crippen LogP contribution >= 0.6 is 0 Å². The van der Waals surface area contributed by atoms with Gasteiger partial charge in [0.2, 0.25) is 0 Å². The molecule has 0 fully saturated rings. The summed E-state index contributed by atoms with van der Waals surface area (Å²) < 4.78 is 30.2. The van der Waals surface area contributed by atoms with E-state index < -0.39 is 41.8 Å². The second-order valence-electron chi connectivity index (χ2n) is 5.07. The van der Waals surface area contributed by atoms with Crippen molar-refractivity contribution in [1.29, 1.82) is 0 Å². The Morgan fingerprint density at radius 3 is 2.42 bits per heavy atom. The highest BCUT2D eigenvalue weighted by Crippen LogP contribution is 2.28. The van der Waals surface area contributed by atoms with Gasteiger partial charge in [-0.15, -0.1) is 0 Å². The SMILES string of the molecule is CC(C)(C)OC(=O)N[C@H]1C=C(C(=O)[O-])CC1=C(F)F. The third-order valence-electron chi connectivity index (χ3n) is 2.30. The number of carboxylic acid groups (broad SMARTS) is 1. The molecule has 0 saturated carbocycles. The van der Waals surface area contributed by atoms with Gasteiger partial charge in [0.25, 0.3) is 6.08 Å². The fourth-order valence-corrected chi connectivity index (χ4v) is 1.56. The van der Waals surface area contributed by atoms with Gasteiger partial charge in [-0.1, -0.05) is 6.08 Å². The molecular weight excluding hydrogens is 260 g/mol. The van der Waals surface area contributed by atoms with E-state index in [2.05, 4.69) is 5.32 Å². The van der Waals surface area contributed by atoms with E-state index in [-0.39, 0.29) is 5.57 Å². The molecule has 1 atom stereocenters. The van der Waals surface area contributed by atoms with Crippen LogP contribution in [0, 0.1) is 0 Å². The van der Waals surface area contributed by atoms with E-state index in [1.807, 2.05) is 0 Å². The Morgan fingerprint density at radius 2 is 2.00 bits per heavy atom. The minimum absolute atomic E-state index is 0.288. The van der Waals surface area contributed by atoms with Gasteiger partial charge in [-0.25, -0.2) is 4.79 Å². The van der Waals surface area contributed by atoms with E-state index in [4.69, 9.17) is 4.74 Å². The van der Waals surface area contributed by atoms with Crippen molar-refractivity contribution in [2.75, 3.05) is 0 Å². The fraction of sp³-hybridized carbons (Fsp3) is 0.500. The lowest BCUT2D eigenvalue weighted by atomic mass is 10.1. The zero-order chi connectivity index (χ0) is 14.8. The maximum Gasteiger partial charge on any atom is 0.408 e. The second-order valence-corrected chi connectivity index (χ2v) is 5.07. The van der Waals surface area contributed by atoms with E-state index in [1.165, 1.54) is 0 Å². The molecule has 0 saturated heterocycles. The smallest absolute Gasteiger partial charge is 0.408 e. The van der Waals surface area contributed by atoms with Crippen molar-refractivity contribution >= 4 is 12.1 Å². The van der Waals surface area contributed by atoms with Crippen molar-refractivity contribution in [3.05, 3.63) is 23.3 Å². The van der Waals surface area contributed by atoms with E-state index in [0.29, 0.717) is 0 Å². The van der Waals surface area contributed by atoms with Crippen molar-refractivity contribution in [1.82, 2.24) is 5.32 Å². The number of nitrogens with one attached hydrogen (secondary N) is 1. The molecule has 0 heterocycles. The fourth-order valence-electron chi connectivity index (χ4n) is 1.56. The van der Waals surface area contributed by atoms with Gasteiger partial charge in [0.1, 0.15) is 5.60 Å². The highest BCUT2D eigenvalue weighted by Gasteiger charge is 2.29. The Bertz CT molecular complexity index is 459. The Labute approximate surface area is 108 Å². The van der Waals surface area contributed by atoms with Crippen LogP contribution in [0.3, 0.4) is 0 Å². The first-order valence-electron chi connectivity index (χ1n) is 5.56. The number of aliphatic carboxylic acids is 1. The summed E-state index contributed by atoms with van der Waals surface area (Å²) in [4.78, 5) is 22.1. The molecule has 0 aromatic rings. The van der Waals surface area contributed by atoms with E-state index in [0.717, 1.165) is 6.08 Å². The summed E-state index contributed by atoms with van der Waals surface area (Å²) in [6.07, 6.45) is -2.35. The highest BCUT2D eigenvalue weighted by atomic mass is 19.3. The van der Waals surface area contributed by atoms with Crippen LogP contribution in [0.4, 0.5) is 13.6 Å². The van der Waals surface area contributed by atoms with Gasteiger partial charge in [-0.2, -0.15) is 8.78 Å². The molecule has 0 unspecified atom stereocenters. The molecule has 0 spiro atoms. The lowest BCUT2D eigenvalue weighted by Gasteiger charge is -2.21. The molecule has 1 rings (SSSR count). The summed E-state index contributed by atoms with van der Waals surface area (Å²) in [5, 5.41) is 12.8. The zero-order valence-electron chi connectivity index (χ0n) is 10.8. The van der Waals surface area contributed by atoms with Crippen LogP contribution in [-0.4, -0.2) is 23.7 Å². The van der Waals surface area contributed by atoms with Crippen LogP contribution in [0.5, 0.6) is 0 Å². The number of rotatable bonds is 2. The summed E-state index contributed by atoms with van der Waals surface area (Å²) in [6, 6.07) is -1.19. The number of carboxylic acids is 1. The third-order valence-corrected chi connectivity index (χ3v) is 2.30. The van der Waals surface area contributed by atoms with Crippen LogP contribution in [0.2, 0.25) is 0 Å². The van der Waals surface area contributed by atoms with Gasteiger partial charge in [0.05, 0.1) is 12.0 Å². The molecule has 1 aliphatic rings. The van der Waals surface area contributed by atoms with Crippen LogP contribution in [0.15, 0.2) is 23.3 Å². The maximum absolute atomic E-state index is 12.7. The summed E-state index contributed by atoms with van der Waals surface area (Å²) in [7, 11) is 0. The van der Waals surface area contributed by atoms with Gasteiger partial charge >= 0.3 is 6.09 Å². The summed E-state index contributed by atoms with van der Waals surface area (Å²) in [6.45, 7) is 4.86. The molecule has 106 valence electrons. The number of alkyl carbamates (subject to hydrolysis) is 1. The highest BCUT2D eigenvalue weighted by molar-refractivity contribution is 5.87. The Hall–Kier alpha value is -1.92. The average molecular weight is 274 g/mol. The predicted octanol–water partition coefficient (Wildman–Crippen LogP) is 1.11. The van der Waals surface area contributed by atoms with Gasteiger partial charge < -0.3 is 20.0 Å². The van der Waals surface area contributed by atoms with Crippen LogP contribution in [0.25, 0.3) is 0 Å². The third kappa shape index (κ3) is 4.35. The zero-order valence-corrected chi connectivity index (χ0v) is 10.8. The van der Waals surface area contributed by atoms with Gasteiger partial charge in [0, 0.05) is 12.0 Å². The molecule has 7 heteroatoms. The number of ether oxygens (including phenoxy) is 1. The number of hydrogen-bond acceptors (Lipinski definition) is 4. The summed E-state index contributed by atoms with van der Waals surface area (Å²) in [5.41, 5.74) is -1.53. The second kappa shape index (κ2) is 5.38. The van der Waals surface area contributed by atoms with Crippen LogP contribution in [-0.2, 0) is 9.53 Å². The molecule has 1 N–H and O–H groups in total. The first-order chi connectivity index (χ1) is 8.60. The molecule has 0 aromatic heterocycles. The molecule has 1 amide bonds. The van der Waals surface area contributed by atoms with Gasteiger partial charge in [-0.3, -0.25) is 0 Å². The Kier molecular flexibility index (Phi) is 4.28. The van der Waals surface area contributed by atoms with Crippen molar-refractivity contribution < 1.29 is 28.2 Å². The molecular formula is C12H14F2NO4-. The average Bonchev–Trinajstić information content (AvgIpc) is 2.58. The van der Waals surface area contributed by atoms with Crippen LogP contribution < -0.4 is 10.4 Å². The lowest BCUT2D eigenvalue weighted by molar-refractivity contribution is -0.299. The Morgan fingerprint density at radius 1 is 1.42 bits per heavy atom. The monoisotopic (exact) mass is 274 g/mol. The van der Waals surface area contributed by atoms with Crippen molar-refractivity contribution in [3.63, 3.8) is 0 Å². The first-order valence-corrected chi connectivity index (χ1v) is 5.56. The number of amides is 1. The predicted molar refractivity (Wildman–Crippen MR) is 60.1 cm³/mol. The topological polar surface area (TPSA) is 78.5 Å². The largest absolute Gasteiger partial charge is 0.545 e. The molecule has 0 aromatic carbocycles. The Balaban J connectivity index is 2.82. The molecule has 0 bridgehead atoms. The number of halogens is 2. The quantitative estimate of drug-likeness (QED) is 0.818. The molecule has 5 nitrogen and oxygen atoms in total. The minimum Gasteiger partial charge on any atom is -0.545 e. The molecule has 0 radical (unpaired) electrons. The van der Waals surface area contributed by atoms with Crippen molar-refractivity contribution in [3.8, 4) is 0 Å². The normalized spacial score (nSPS) is 18.9. The molecule has 19 heavy (non-hydrogen) atoms. The lowest BCUT2D eigenvalue weighted by Crippen LogP contribution is -2.38. The maximum atomic E-state index is 12.7. The standard InChI is InChI=1S/C12H15F2NO4/c1-12(2,3)19-11(18)15-8-5-6(10(16)17)4-7(8)9(13)14/h5,8H,4H2,1-3H3,(H,15,18)(H,16,17)/p-1/t8-/m0/s1. The van der Waals surface area contributed by atoms with E-state index in [9.17, 15) is 23.5 Å². The van der Waals surface area contributed by atoms with Crippen molar-refractivity contribution in [2.24, 2.45) is 0 Å². The summed E-state index contributed by atoms with van der Waals surface area (Å²) in [5.74, 6) is -1.53. The molecule has 0 aliphatic heterocycles. The van der Waals surface area contributed by atoms with E-state index >= 15 is 0 Å². The van der Waals surface area contributed by atoms with Gasteiger partial charge in [-0.05, 0) is 26.3 Å². The molecule has 1 aliphatic carbocycles.